The Morgan fingerprint density at radius 3 is 2.33 bits per heavy atom. The fourth-order valence-electron chi connectivity index (χ4n) is 3.50. The summed E-state index contributed by atoms with van der Waals surface area (Å²) in [4.78, 5) is 11.4. The molecule has 3 rings (SSSR count). The molecule has 0 aromatic carbocycles. The lowest BCUT2D eigenvalue weighted by Gasteiger charge is -2.28. The van der Waals surface area contributed by atoms with Gasteiger partial charge in [0, 0.05) is 37.1 Å². The Hall–Kier alpha value is -2.03. The molecular weight excluding hydrogens is 362 g/mol. The van der Waals surface area contributed by atoms with E-state index < -0.39 is 10.0 Å². The summed E-state index contributed by atoms with van der Waals surface area (Å²) in [5.41, 5.74) is 1.31. The Balaban J connectivity index is 1.60. The highest BCUT2D eigenvalue weighted by atomic mass is 32.2. The first-order valence-electron chi connectivity index (χ1n) is 9.54. The van der Waals surface area contributed by atoms with E-state index >= 15 is 0 Å². The van der Waals surface area contributed by atoms with Crippen LogP contribution < -0.4 is 14.8 Å². The third-order valence-electron chi connectivity index (χ3n) is 5.13. The maximum Gasteiger partial charge on any atom is 0.274 e. The third kappa shape index (κ3) is 4.63. The number of aromatic nitrogens is 2. The van der Waals surface area contributed by atoms with Gasteiger partial charge in [-0.15, -0.1) is 0 Å². The number of sulfonamides is 1. The number of pyridine rings is 2. The van der Waals surface area contributed by atoms with Gasteiger partial charge in [-0.1, -0.05) is 13.8 Å². The van der Waals surface area contributed by atoms with Gasteiger partial charge in [-0.05, 0) is 18.2 Å². The van der Waals surface area contributed by atoms with E-state index in [2.05, 4.69) is 27.0 Å². The number of H-pyrrole nitrogens is 1. The summed E-state index contributed by atoms with van der Waals surface area (Å²) in [6.45, 7) is 9.66. The number of hydrogen-bond donors (Lipinski definition) is 1. The molecule has 3 heterocycles. The number of rotatable bonds is 7. The summed E-state index contributed by atoms with van der Waals surface area (Å²) in [5.74, 6) is 0.969. The molecule has 0 amide bonds. The Morgan fingerprint density at radius 2 is 1.78 bits per heavy atom. The molecule has 0 saturated carbocycles. The van der Waals surface area contributed by atoms with Crippen molar-refractivity contribution >= 4 is 15.8 Å². The van der Waals surface area contributed by atoms with Crippen LogP contribution in [0.5, 0.6) is 0 Å². The van der Waals surface area contributed by atoms with Crippen LogP contribution >= 0.6 is 0 Å². The predicted octanol–water partition coefficient (Wildman–Crippen LogP) is -0.169. The zero-order chi connectivity index (χ0) is 19.3. The second-order valence-corrected chi connectivity index (χ2v) is 8.71. The fraction of sp³-hybridized carbons (Fsp3) is 0.474. The number of anilines is 1. The summed E-state index contributed by atoms with van der Waals surface area (Å²) < 4.78 is 26.6. The molecule has 0 aliphatic carbocycles. The molecule has 2 aromatic heterocycles. The van der Waals surface area contributed by atoms with Gasteiger partial charge in [0.15, 0.2) is 0 Å². The van der Waals surface area contributed by atoms with Crippen LogP contribution in [0, 0.1) is 0 Å². The van der Waals surface area contributed by atoms with Gasteiger partial charge in [-0.3, -0.25) is 9.88 Å². The van der Waals surface area contributed by atoms with Gasteiger partial charge in [-0.25, -0.2) is 13.4 Å². The van der Waals surface area contributed by atoms with Crippen molar-refractivity contribution in [2.45, 2.75) is 25.3 Å². The lowest BCUT2D eigenvalue weighted by atomic mass is 10.2. The van der Waals surface area contributed by atoms with E-state index in [1.165, 1.54) is 9.87 Å². The third-order valence-corrected chi connectivity index (χ3v) is 7.17. The molecule has 1 aliphatic heterocycles. The minimum Gasteiger partial charge on any atom is -0.325 e. The minimum absolute atomic E-state index is 0.317. The molecule has 0 spiro atoms. The van der Waals surface area contributed by atoms with Crippen LogP contribution in [-0.4, -0.2) is 57.0 Å². The fourth-order valence-corrected chi connectivity index (χ4v) is 4.93. The quantitative estimate of drug-likeness (QED) is 0.712. The zero-order valence-corrected chi connectivity index (χ0v) is 16.9. The Bertz CT molecular complexity index is 815. The normalized spacial score (nSPS) is 16.0. The summed E-state index contributed by atoms with van der Waals surface area (Å²) in [6, 6.07) is 7.73. The van der Waals surface area contributed by atoms with Crippen molar-refractivity contribution in [1.82, 2.24) is 9.29 Å². The van der Waals surface area contributed by atoms with Gasteiger partial charge in [0.1, 0.15) is 43.8 Å². The van der Waals surface area contributed by atoms with E-state index in [0.717, 1.165) is 38.5 Å². The maximum atomic E-state index is 12.6. The first kappa shape index (κ1) is 19.7. The number of nitrogens with one attached hydrogen (secondary N) is 2. The van der Waals surface area contributed by atoms with E-state index in [-0.39, 0.29) is 0 Å². The lowest BCUT2D eigenvalue weighted by molar-refractivity contribution is -0.914. The van der Waals surface area contributed by atoms with Crippen LogP contribution in [-0.2, 0) is 16.6 Å². The first-order chi connectivity index (χ1) is 13.0. The molecule has 1 fully saturated rings. The monoisotopic (exact) mass is 391 g/mol. The van der Waals surface area contributed by atoms with Crippen molar-refractivity contribution in [3.05, 3.63) is 48.4 Å². The summed E-state index contributed by atoms with van der Waals surface area (Å²) in [7, 11) is -3.42. The number of nitrogens with zero attached hydrogens (tertiary/aromatic N) is 3. The lowest BCUT2D eigenvalue weighted by Crippen LogP contribution is -3.13. The van der Waals surface area contributed by atoms with Crippen molar-refractivity contribution in [2.24, 2.45) is 0 Å². The topological polar surface area (TPSA) is 72.1 Å². The molecule has 0 bridgehead atoms. The number of aromatic amines is 1. The van der Waals surface area contributed by atoms with E-state index in [0.29, 0.717) is 18.0 Å². The van der Waals surface area contributed by atoms with Gasteiger partial charge >= 0.3 is 0 Å². The molecule has 0 atom stereocenters. The van der Waals surface area contributed by atoms with Gasteiger partial charge in [0.25, 0.3) is 5.82 Å². The van der Waals surface area contributed by atoms with Gasteiger partial charge in [0.05, 0.1) is 0 Å². The van der Waals surface area contributed by atoms with Crippen molar-refractivity contribution in [3.8, 4) is 0 Å². The zero-order valence-electron chi connectivity index (χ0n) is 16.1. The summed E-state index contributed by atoms with van der Waals surface area (Å²) >= 11 is 0. The molecule has 146 valence electrons. The number of piperazine rings is 1. The van der Waals surface area contributed by atoms with Crippen LogP contribution in [0.4, 0.5) is 5.82 Å². The van der Waals surface area contributed by atoms with E-state index in [1.54, 1.807) is 17.2 Å². The average Bonchev–Trinajstić information content (AvgIpc) is 2.70. The average molecular weight is 392 g/mol. The molecule has 0 unspecified atom stereocenters. The van der Waals surface area contributed by atoms with Gasteiger partial charge < -0.3 is 4.90 Å². The Kier molecular flexibility index (Phi) is 6.41. The highest BCUT2D eigenvalue weighted by molar-refractivity contribution is 7.89. The molecule has 0 radical (unpaired) electrons. The maximum absolute atomic E-state index is 12.6. The van der Waals surface area contributed by atoms with E-state index in [4.69, 9.17) is 0 Å². The summed E-state index contributed by atoms with van der Waals surface area (Å²) in [5, 5.41) is 0. The number of hydrogen-bond acceptors (Lipinski definition) is 4. The molecule has 2 N–H and O–H groups in total. The Morgan fingerprint density at radius 1 is 1.11 bits per heavy atom. The van der Waals surface area contributed by atoms with Crippen molar-refractivity contribution in [3.63, 3.8) is 0 Å². The smallest absolute Gasteiger partial charge is 0.274 e. The second kappa shape index (κ2) is 8.77. The largest absolute Gasteiger partial charge is 0.325 e. The molecule has 1 aliphatic rings. The number of quaternary nitrogens is 1. The first-order valence-corrected chi connectivity index (χ1v) is 11.0. The van der Waals surface area contributed by atoms with Crippen LogP contribution in [0.15, 0.2) is 47.8 Å². The van der Waals surface area contributed by atoms with E-state index in [1.807, 2.05) is 32.3 Å². The van der Waals surface area contributed by atoms with Crippen LogP contribution in [0.2, 0.25) is 0 Å². The molecule has 27 heavy (non-hydrogen) atoms. The van der Waals surface area contributed by atoms with Crippen LogP contribution in [0.25, 0.3) is 0 Å². The SMILES string of the molecule is CCN(CC)S(=O)(=O)c1ccc(N2CC[NH+](Cc3ccncc3)CC2)[nH+]c1. The van der Waals surface area contributed by atoms with Crippen molar-refractivity contribution in [2.75, 3.05) is 44.2 Å². The van der Waals surface area contributed by atoms with E-state index in [9.17, 15) is 8.42 Å². The van der Waals surface area contributed by atoms with Gasteiger partial charge in [0.2, 0.25) is 10.0 Å². The molecule has 7 nitrogen and oxygen atoms in total. The van der Waals surface area contributed by atoms with Crippen molar-refractivity contribution < 1.29 is 18.3 Å². The van der Waals surface area contributed by atoms with Crippen LogP contribution in [0.1, 0.15) is 19.4 Å². The molecule has 8 heteroatoms. The standard InChI is InChI=1S/C19H27N5O2S/c1-3-24(4-2)27(25,26)18-5-6-19(21-15-18)23-13-11-22(12-14-23)16-17-7-9-20-10-8-17/h5-10,15H,3-4,11-14,16H2,1-2H3/p+2. The second-order valence-electron chi connectivity index (χ2n) is 6.77. The molecule has 2 aromatic rings. The van der Waals surface area contributed by atoms with Crippen LogP contribution in [0.3, 0.4) is 0 Å². The molecule has 1 saturated heterocycles. The highest BCUT2D eigenvalue weighted by Gasteiger charge is 2.28. The van der Waals surface area contributed by atoms with Gasteiger partial charge in [-0.2, -0.15) is 4.31 Å². The highest BCUT2D eigenvalue weighted by Crippen LogP contribution is 2.15. The molecular formula is C19H29N5O2S+2. The predicted molar refractivity (Wildman–Crippen MR) is 104 cm³/mol. The minimum atomic E-state index is -3.42. The Labute approximate surface area is 161 Å². The van der Waals surface area contributed by atoms with Crippen molar-refractivity contribution in [1.29, 1.82) is 0 Å². The summed E-state index contributed by atoms with van der Waals surface area (Å²) in [6.07, 6.45) is 5.29.